The van der Waals surface area contributed by atoms with Crippen LogP contribution in [-0.4, -0.2) is 24.1 Å². The quantitative estimate of drug-likeness (QED) is 0.184. The molecule has 6 nitrogen and oxygen atoms in total. The van der Waals surface area contributed by atoms with Gasteiger partial charge in [0.2, 0.25) is 5.95 Å². The summed E-state index contributed by atoms with van der Waals surface area (Å²) in [6.07, 6.45) is 0. The fourth-order valence-corrected chi connectivity index (χ4v) is 7.45. The Labute approximate surface area is 299 Å². The SMILES string of the molecule is N#Cc1ccc2c(c1)c1ccc3c4ccccc4n(-c4cccc(-c5ccccc5)c4)c3c1n2-c1nc(-c2ccccc2)nc(-c2ccccc2)n1. The molecule has 0 unspecified atom stereocenters. The number of rotatable bonds is 5. The van der Waals surface area contributed by atoms with Crippen LogP contribution in [0.15, 0.2) is 170 Å². The lowest BCUT2D eigenvalue weighted by atomic mass is 10.1. The van der Waals surface area contributed by atoms with E-state index >= 15 is 0 Å². The minimum absolute atomic E-state index is 0.500. The summed E-state index contributed by atoms with van der Waals surface area (Å²) in [6, 6.07) is 60.4. The van der Waals surface area contributed by atoms with E-state index in [9.17, 15) is 5.26 Å². The van der Waals surface area contributed by atoms with Crippen molar-refractivity contribution in [1.82, 2.24) is 24.1 Å². The van der Waals surface area contributed by atoms with Gasteiger partial charge >= 0.3 is 0 Å². The van der Waals surface area contributed by atoms with Gasteiger partial charge in [0.05, 0.1) is 33.7 Å². The Bertz CT molecular complexity index is 2950. The molecule has 0 bridgehead atoms. The molecule has 242 valence electrons. The van der Waals surface area contributed by atoms with E-state index < -0.39 is 0 Å². The summed E-state index contributed by atoms with van der Waals surface area (Å²) in [7, 11) is 0. The van der Waals surface area contributed by atoms with Gasteiger partial charge in [0.15, 0.2) is 11.6 Å². The zero-order valence-corrected chi connectivity index (χ0v) is 27.8. The van der Waals surface area contributed by atoms with Crippen molar-refractivity contribution in [2.45, 2.75) is 0 Å². The van der Waals surface area contributed by atoms with Gasteiger partial charge in [-0.1, -0.05) is 133 Å². The van der Waals surface area contributed by atoms with E-state index in [-0.39, 0.29) is 0 Å². The van der Waals surface area contributed by atoms with E-state index in [4.69, 9.17) is 15.0 Å². The standard InChI is InChI=1S/C46H28N6/c47-29-30-23-26-41-39(27-30)38-25-24-37-36-21-10-11-22-40(36)51(35-20-12-19-34(28-35)31-13-4-1-5-14-31)42(37)43(38)52(41)46-49-44(32-15-6-2-7-16-32)48-45(50-46)33-17-8-3-9-18-33/h1-28H. The third-order valence-corrected chi connectivity index (χ3v) is 9.79. The number of aromatic nitrogens is 5. The number of hydrogen-bond donors (Lipinski definition) is 0. The third kappa shape index (κ3) is 4.68. The van der Waals surface area contributed by atoms with E-state index in [1.807, 2.05) is 84.9 Å². The molecule has 0 radical (unpaired) electrons. The molecule has 0 spiro atoms. The van der Waals surface area contributed by atoms with Crippen LogP contribution in [0.25, 0.3) is 89.2 Å². The third-order valence-electron chi connectivity index (χ3n) is 9.79. The first-order chi connectivity index (χ1) is 25.7. The molecule has 10 aromatic rings. The Morgan fingerprint density at radius 1 is 0.404 bits per heavy atom. The maximum atomic E-state index is 10.0. The van der Waals surface area contributed by atoms with Gasteiger partial charge in [-0.05, 0) is 47.5 Å². The lowest BCUT2D eigenvalue weighted by Crippen LogP contribution is -2.07. The van der Waals surface area contributed by atoms with Crippen LogP contribution in [0.1, 0.15) is 5.56 Å². The Kier molecular flexibility index (Phi) is 6.76. The van der Waals surface area contributed by atoms with Crippen molar-refractivity contribution in [3.63, 3.8) is 0 Å². The van der Waals surface area contributed by atoms with Gasteiger partial charge in [-0.15, -0.1) is 0 Å². The molecular weight excluding hydrogens is 637 g/mol. The molecule has 3 aromatic heterocycles. The fourth-order valence-electron chi connectivity index (χ4n) is 7.45. The summed E-state index contributed by atoms with van der Waals surface area (Å²) < 4.78 is 4.52. The Hall–Kier alpha value is -7.36. The molecule has 10 rings (SSSR count). The second-order valence-electron chi connectivity index (χ2n) is 12.8. The molecule has 52 heavy (non-hydrogen) atoms. The van der Waals surface area contributed by atoms with Gasteiger partial charge < -0.3 is 4.57 Å². The van der Waals surface area contributed by atoms with Gasteiger partial charge in [-0.2, -0.15) is 15.2 Å². The van der Waals surface area contributed by atoms with E-state index in [0.717, 1.165) is 71.6 Å². The zero-order chi connectivity index (χ0) is 34.6. The number of para-hydroxylation sites is 1. The molecule has 0 aliphatic rings. The largest absolute Gasteiger partial charge is 0.307 e. The van der Waals surface area contributed by atoms with Crippen LogP contribution < -0.4 is 0 Å². The maximum Gasteiger partial charge on any atom is 0.238 e. The first-order valence-corrected chi connectivity index (χ1v) is 17.2. The van der Waals surface area contributed by atoms with Crippen LogP contribution in [0.3, 0.4) is 0 Å². The normalized spacial score (nSPS) is 11.4. The highest BCUT2D eigenvalue weighted by Gasteiger charge is 2.24. The molecule has 0 aliphatic carbocycles. The number of nitriles is 1. The average molecular weight is 665 g/mol. The highest BCUT2D eigenvalue weighted by atomic mass is 15.2. The number of hydrogen-bond acceptors (Lipinski definition) is 4. The minimum atomic E-state index is 0.500. The second-order valence-corrected chi connectivity index (χ2v) is 12.8. The summed E-state index contributed by atoms with van der Waals surface area (Å²) >= 11 is 0. The lowest BCUT2D eigenvalue weighted by Gasteiger charge is -2.14. The van der Waals surface area contributed by atoms with E-state index in [1.165, 1.54) is 0 Å². The van der Waals surface area contributed by atoms with Crippen molar-refractivity contribution in [3.05, 3.63) is 175 Å². The Morgan fingerprint density at radius 3 is 1.63 bits per heavy atom. The smallest absolute Gasteiger partial charge is 0.238 e. The molecule has 0 aliphatic heterocycles. The second kappa shape index (κ2) is 11.9. The predicted octanol–water partition coefficient (Wildman–Crippen LogP) is 10.9. The first-order valence-electron chi connectivity index (χ1n) is 17.2. The molecule has 0 fully saturated rings. The molecular formula is C46H28N6. The maximum absolute atomic E-state index is 10.0. The monoisotopic (exact) mass is 664 g/mol. The molecule has 0 saturated carbocycles. The van der Waals surface area contributed by atoms with Crippen molar-refractivity contribution in [1.29, 1.82) is 5.26 Å². The van der Waals surface area contributed by atoms with Gasteiger partial charge in [0.25, 0.3) is 0 Å². The zero-order valence-electron chi connectivity index (χ0n) is 27.8. The van der Waals surface area contributed by atoms with Crippen LogP contribution in [0.5, 0.6) is 0 Å². The molecule has 0 amide bonds. The summed E-state index contributed by atoms with van der Waals surface area (Å²) in [6.45, 7) is 0. The van der Waals surface area contributed by atoms with E-state index in [1.54, 1.807) is 0 Å². The van der Waals surface area contributed by atoms with Gasteiger partial charge in [-0.3, -0.25) is 4.57 Å². The van der Waals surface area contributed by atoms with Crippen molar-refractivity contribution in [3.8, 4) is 51.6 Å². The average Bonchev–Trinajstić information content (AvgIpc) is 3.74. The number of nitrogens with zero attached hydrogens (tertiary/aromatic N) is 6. The summed E-state index contributed by atoms with van der Waals surface area (Å²) in [5.41, 5.74) is 9.69. The summed E-state index contributed by atoms with van der Waals surface area (Å²) in [5.74, 6) is 1.66. The van der Waals surface area contributed by atoms with Crippen LogP contribution in [-0.2, 0) is 0 Å². The molecule has 6 heteroatoms. The van der Waals surface area contributed by atoms with E-state index in [0.29, 0.717) is 23.2 Å². The van der Waals surface area contributed by atoms with Crippen molar-refractivity contribution in [2.75, 3.05) is 0 Å². The van der Waals surface area contributed by atoms with Crippen LogP contribution in [0.4, 0.5) is 0 Å². The first kappa shape index (κ1) is 29.5. The molecule has 0 N–H and O–H groups in total. The molecule has 7 aromatic carbocycles. The number of fused-ring (bicyclic) bond motifs is 7. The minimum Gasteiger partial charge on any atom is -0.307 e. The van der Waals surface area contributed by atoms with Crippen molar-refractivity contribution < 1.29 is 0 Å². The number of benzene rings is 7. The highest BCUT2D eigenvalue weighted by Crippen LogP contribution is 2.42. The summed E-state index contributed by atoms with van der Waals surface area (Å²) in [5, 5.41) is 14.2. The predicted molar refractivity (Wildman–Crippen MR) is 210 cm³/mol. The highest BCUT2D eigenvalue weighted by molar-refractivity contribution is 6.23. The van der Waals surface area contributed by atoms with Crippen LogP contribution >= 0.6 is 0 Å². The fraction of sp³-hybridized carbons (Fsp3) is 0. The van der Waals surface area contributed by atoms with Gasteiger partial charge in [0, 0.05) is 38.4 Å². The Balaban J connectivity index is 1.37. The van der Waals surface area contributed by atoms with Gasteiger partial charge in [0.1, 0.15) is 0 Å². The summed E-state index contributed by atoms with van der Waals surface area (Å²) in [4.78, 5) is 15.4. The molecule has 3 heterocycles. The van der Waals surface area contributed by atoms with Gasteiger partial charge in [-0.25, -0.2) is 4.98 Å². The molecule has 0 atom stereocenters. The van der Waals surface area contributed by atoms with E-state index in [2.05, 4.69) is 100 Å². The van der Waals surface area contributed by atoms with Crippen molar-refractivity contribution in [2.24, 2.45) is 0 Å². The molecule has 0 saturated heterocycles. The Morgan fingerprint density at radius 2 is 0.962 bits per heavy atom. The topological polar surface area (TPSA) is 72.3 Å². The van der Waals surface area contributed by atoms with Crippen LogP contribution in [0.2, 0.25) is 0 Å². The van der Waals surface area contributed by atoms with Crippen LogP contribution in [0, 0.1) is 11.3 Å². The van der Waals surface area contributed by atoms with Crippen molar-refractivity contribution >= 4 is 43.6 Å². The lowest BCUT2D eigenvalue weighted by molar-refractivity contribution is 0.953.